The van der Waals surface area contributed by atoms with Crippen molar-refractivity contribution in [1.29, 1.82) is 0 Å². The van der Waals surface area contributed by atoms with Gasteiger partial charge in [-0.15, -0.1) is 0 Å². The molecule has 2 heterocycles. The predicted molar refractivity (Wildman–Crippen MR) is 74.2 cm³/mol. The lowest BCUT2D eigenvalue weighted by Gasteiger charge is -2.28. The first kappa shape index (κ1) is 13.9. The average molecular weight is 280 g/mol. The van der Waals surface area contributed by atoms with E-state index in [0.29, 0.717) is 24.8 Å². The number of fused-ring (bicyclic) bond motifs is 1. The van der Waals surface area contributed by atoms with Crippen molar-refractivity contribution in [3.05, 3.63) is 0 Å². The number of carboxylic acid groups (broad SMARTS) is 1. The number of hydrogen-bond acceptors (Lipinski definition) is 3. The molecule has 2 aliphatic heterocycles. The van der Waals surface area contributed by atoms with Crippen LogP contribution in [0.3, 0.4) is 0 Å². The van der Waals surface area contributed by atoms with E-state index in [-0.39, 0.29) is 11.8 Å². The molecule has 5 heteroatoms. The van der Waals surface area contributed by atoms with Crippen LogP contribution in [0.4, 0.5) is 0 Å². The molecule has 2 saturated heterocycles. The summed E-state index contributed by atoms with van der Waals surface area (Å²) in [6.45, 7) is 2.60. The first-order valence-corrected chi connectivity index (χ1v) is 7.90. The van der Waals surface area contributed by atoms with Crippen molar-refractivity contribution in [3.63, 3.8) is 0 Å². The molecule has 0 aromatic rings. The third kappa shape index (κ3) is 2.55. The normalized spacial score (nSPS) is 36.9. The Morgan fingerprint density at radius 3 is 2.75 bits per heavy atom. The lowest BCUT2D eigenvalue weighted by Crippen LogP contribution is -2.44. The Hall–Kier alpha value is -1.10. The highest BCUT2D eigenvalue weighted by molar-refractivity contribution is 5.85. The SMILES string of the molecule is O=C(O)C1C2CCCC2CN1C(=O)CC1CCCNC1. The maximum Gasteiger partial charge on any atom is 0.326 e. The second-order valence-corrected chi connectivity index (χ2v) is 6.60. The van der Waals surface area contributed by atoms with Gasteiger partial charge in [-0.2, -0.15) is 0 Å². The van der Waals surface area contributed by atoms with Crippen molar-refractivity contribution in [2.45, 2.75) is 44.6 Å². The zero-order valence-corrected chi connectivity index (χ0v) is 11.9. The van der Waals surface area contributed by atoms with E-state index >= 15 is 0 Å². The minimum absolute atomic E-state index is 0.0560. The molecule has 2 N–H and O–H groups in total. The fraction of sp³-hybridized carbons (Fsp3) is 0.867. The first-order chi connectivity index (χ1) is 9.66. The lowest BCUT2D eigenvalue weighted by atomic mass is 9.93. The molecule has 0 spiro atoms. The van der Waals surface area contributed by atoms with Crippen molar-refractivity contribution >= 4 is 11.9 Å². The fourth-order valence-corrected chi connectivity index (χ4v) is 4.34. The van der Waals surface area contributed by atoms with Crippen LogP contribution >= 0.6 is 0 Å². The van der Waals surface area contributed by atoms with Crippen LogP contribution in [0.5, 0.6) is 0 Å². The maximum absolute atomic E-state index is 12.5. The number of carbonyl (C=O) groups is 2. The highest BCUT2D eigenvalue weighted by Crippen LogP contribution is 2.42. The van der Waals surface area contributed by atoms with Gasteiger partial charge in [-0.05, 0) is 56.5 Å². The highest BCUT2D eigenvalue weighted by atomic mass is 16.4. The van der Waals surface area contributed by atoms with Gasteiger partial charge in [0.25, 0.3) is 0 Å². The molecule has 0 aromatic carbocycles. The standard InChI is InChI=1S/C15H24N2O3/c18-13(7-10-3-2-6-16-8-10)17-9-11-4-1-5-12(11)14(17)15(19)20/h10-12,14,16H,1-9H2,(H,19,20). The largest absolute Gasteiger partial charge is 0.480 e. The number of aliphatic carboxylic acids is 1. The van der Waals surface area contributed by atoms with E-state index in [0.717, 1.165) is 45.2 Å². The molecule has 20 heavy (non-hydrogen) atoms. The first-order valence-electron chi connectivity index (χ1n) is 7.90. The molecule has 5 nitrogen and oxygen atoms in total. The van der Waals surface area contributed by atoms with Gasteiger partial charge < -0.3 is 15.3 Å². The molecule has 4 atom stereocenters. The maximum atomic E-state index is 12.5. The summed E-state index contributed by atoms with van der Waals surface area (Å²) in [6.07, 6.45) is 5.88. The zero-order valence-electron chi connectivity index (χ0n) is 11.9. The summed E-state index contributed by atoms with van der Waals surface area (Å²) in [5.41, 5.74) is 0. The molecule has 112 valence electrons. The van der Waals surface area contributed by atoms with Gasteiger partial charge in [0.05, 0.1) is 0 Å². The van der Waals surface area contributed by atoms with Crippen LogP contribution in [-0.2, 0) is 9.59 Å². The third-order valence-corrected chi connectivity index (χ3v) is 5.33. The van der Waals surface area contributed by atoms with Gasteiger partial charge in [0.2, 0.25) is 5.91 Å². The Morgan fingerprint density at radius 2 is 2.05 bits per heavy atom. The lowest BCUT2D eigenvalue weighted by molar-refractivity contribution is -0.150. The number of piperidine rings is 1. The molecule has 4 unspecified atom stereocenters. The van der Waals surface area contributed by atoms with Crippen molar-refractivity contribution in [3.8, 4) is 0 Å². The second kappa shape index (κ2) is 5.72. The van der Waals surface area contributed by atoms with Crippen LogP contribution in [0, 0.1) is 17.8 Å². The predicted octanol–water partition coefficient (Wildman–Crippen LogP) is 1.09. The molecule has 1 amide bonds. The number of carbonyl (C=O) groups excluding carboxylic acids is 1. The molecule has 0 radical (unpaired) electrons. The highest BCUT2D eigenvalue weighted by Gasteiger charge is 2.49. The monoisotopic (exact) mass is 280 g/mol. The van der Waals surface area contributed by atoms with Crippen molar-refractivity contribution < 1.29 is 14.7 Å². The quantitative estimate of drug-likeness (QED) is 0.812. The van der Waals surface area contributed by atoms with E-state index < -0.39 is 12.0 Å². The summed E-state index contributed by atoms with van der Waals surface area (Å²) in [5, 5.41) is 12.8. The Bertz CT molecular complexity index is 393. The Balaban J connectivity index is 1.65. The van der Waals surface area contributed by atoms with E-state index in [9.17, 15) is 14.7 Å². The van der Waals surface area contributed by atoms with Gasteiger partial charge in [0.15, 0.2) is 0 Å². The summed E-state index contributed by atoms with van der Waals surface area (Å²) >= 11 is 0. The number of carboxylic acids is 1. The van der Waals surface area contributed by atoms with Crippen LogP contribution in [0.15, 0.2) is 0 Å². The average Bonchev–Trinajstić information content (AvgIpc) is 2.98. The van der Waals surface area contributed by atoms with E-state index in [1.54, 1.807) is 4.90 Å². The van der Waals surface area contributed by atoms with E-state index in [2.05, 4.69) is 5.32 Å². The van der Waals surface area contributed by atoms with Gasteiger partial charge >= 0.3 is 5.97 Å². The number of likely N-dealkylation sites (tertiary alicyclic amines) is 1. The number of amides is 1. The number of rotatable bonds is 3. The minimum atomic E-state index is -0.811. The summed E-state index contributed by atoms with van der Waals surface area (Å²) in [5.74, 6) is 0.242. The molecule has 3 fully saturated rings. The zero-order chi connectivity index (χ0) is 14.1. The van der Waals surface area contributed by atoms with Gasteiger partial charge in [0.1, 0.15) is 6.04 Å². The van der Waals surface area contributed by atoms with E-state index in [4.69, 9.17) is 0 Å². The molecule has 3 aliphatic rings. The Kier molecular flexibility index (Phi) is 3.96. The van der Waals surface area contributed by atoms with Gasteiger partial charge in [-0.3, -0.25) is 4.79 Å². The van der Waals surface area contributed by atoms with E-state index in [1.165, 1.54) is 0 Å². The smallest absolute Gasteiger partial charge is 0.326 e. The molecule has 0 aromatic heterocycles. The van der Waals surface area contributed by atoms with Gasteiger partial charge in [-0.1, -0.05) is 6.42 Å². The number of hydrogen-bond donors (Lipinski definition) is 2. The summed E-state index contributed by atoms with van der Waals surface area (Å²) in [4.78, 5) is 25.7. The molecule has 3 rings (SSSR count). The summed E-state index contributed by atoms with van der Waals surface area (Å²) in [6, 6.07) is -0.563. The summed E-state index contributed by atoms with van der Waals surface area (Å²) in [7, 11) is 0. The molecule has 0 bridgehead atoms. The topological polar surface area (TPSA) is 69.6 Å². The molecular weight excluding hydrogens is 256 g/mol. The van der Waals surface area contributed by atoms with Crippen LogP contribution in [0.2, 0.25) is 0 Å². The minimum Gasteiger partial charge on any atom is -0.480 e. The van der Waals surface area contributed by atoms with Crippen molar-refractivity contribution in [1.82, 2.24) is 10.2 Å². The van der Waals surface area contributed by atoms with Crippen LogP contribution in [0.1, 0.15) is 38.5 Å². The van der Waals surface area contributed by atoms with E-state index in [1.807, 2.05) is 0 Å². The Labute approximate surface area is 119 Å². The van der Waals surface area contributed by atoms with Crippen molar-refractivity contribution in [2.75, 3.05) is 19.6 Å². The molecular formula is C15H24N2O3. The number of nitrogens with one attached hydrogen (secondary N) is 1. The summed E-state index contributed by atoms with van der Waals surface area (Å²) < 4.78 is 0. The molecule has 1 aliphatic carbocycles. The van der Waals surface area contributed by atoms with Gasteiger partial charge in [-0.25, -0.2) is 4.79 Å². The molecule has 1 saturated carbocycles. The second-order valence-electron chi connectivity index (χ2n) is 6.60. The van der Waals surface area contributed by atoms with Crippen LogP contribution in [-0.4, -0.2) is 47.6 Å². The van der Waals surface area contributed by atoms with Crippen LogP contribution in [0.25, 0.3) is 0 Å². The van der Waals surface area contributed by atoms with Crippen molar-refractivity contribution in [2.24, 2.45) is 17.8 Å². The fourth-order valence-electron chi connectivity index (χ4n) is 4.34. The third-order valence-electron chi connectivity index (χ3n) is 5.33. The Morgan fingerprint density at radius 1 is 1.20 bits per heavy atom. The van der Waals surface area contributed by atoms with Crippen LogP contribution < -0.4 is 5.32 Å². The number of nitrogens with zero attached hydrogens (tertiary/aromatic N) is 1. The van der Waals surface area contributed by atoms with Gasteiger partial charge in [0, 0.05) is 13.0 Å².